The van der Waals surface area contributed by atoms with Crippen molar-refractivity contribution in [1.82, 2.24) is 10.3 Å². The van der Waals surface area contributed by atoms with Gasteiger partial charge in [-0.3, -0.25) is 0 Å². The molecule has 1 aromatic heterocycles. The summed E-state index contributed by atoms with van der Waals surface area (Å²) in [7, 11) is 1.98. The summed E-state index contributed by atoms with van der Waals surface area (Å²) in [4.78, 5) is 4.30. The molecule has 0 radical (unpaired) electrons. The van der Waals surface area contributed by atoms with E-state index in [1.54, 1.807) is 11.3 Å². The summed E-state index contributed by atoms with van der Waals surface area (Å²) < 4.78 is 5.67. The van der Waals surface area contributed by atoms with Crippen molar-refractivity contribution >= 4 is 11.3 Å². The first-order valence-electron chi connectivity index (χ1n) is 4.57. The molecule has 1 aliphatic heterocycles. The minimum Gasteiger partial charge on any atom is -0.371 e. The lowest BCUT2D eigenvalue weighted by Crippen LogP contribution is -2.21. The molecule has 0 aromatic carbocycles. The normalized spacial score (nSPS) is 28.1. The van der Waals surface area contributed by atoms with E-state index in [0.29, 0.717) is 5.92 Å². The first kappa shape index (κ1) is 9.12. The average molecular weight is 198 g/mol. The lowest BCUT2D eigenvalue weighted by molar-refractivity contribution is 0.0907. The standard InChI is InChI=1S/C9H14N2OS/c1-10-6-7-2-4-12-8(7)9-11-3-5-13-9/h3,5,7-8,10H,2,4,6H2,1H3. The molecule has 0 saturated carbocycles. The van der Waals surface area contributed by atoms with Gasteiger partial charge in [-0.05, 0) is 13.5 Å². The van der Waals surface area contributed by atoms with Crippen LogP contribution in [-0.2, 0) is 4.74 Å². The fourth-order valence-electron chi connectivity index (χ4n) is 1.75. The molecule has 2 rings (SSSR count). The van der Waals surface area contributed by atoms with E-state index in [9.17, 15) is 0 Å². The van der Waals surface area contributed by atoms with Crippen LogP contribution in [0.2, 0.25) is 0 Å². The molecule has 1 fully saturated rings. The quantitative estimate of drug-likeness (QED) is 0.798. The molecule has 72 valence electrons. The average Bonchev–Trinajstić information content (AvgIpc) is 2.71. The zero-order valence-electron chi connectivity index (χ0n) is 7.69. The highest BCUT2D eigenvalue weighted by atomic mass is 32.1. The van der Waals surface area contributed by atoms with Crippen molar-refractivity contribution in [2.24, 2.45) is 5.92 Å². The fraction of sp³-hybridized carbons (Fsp3) is 0.667. The fourth-order valence-corrected chi connectivity index (χ4v) is 2.53. The molecule has 3 nitrogen and oxygen atoms in total. The summed E-state index contributed by atoms with van der Waals surface area (Å²) in [6.07, 6.45) is 3.22. The van der Waals surface area contributed by atoms with Crippen LogP contribution in [-0.4, -0.2) is 25.2 Å². The first-order valence-corrected chi connectivity index (χ1v) is 5.45. The van der Waals surface area contributed by atoms with E-state index in [0.717, 1.165) is 24.6 Å². The van der Waals surface area contributed by atoms with Crippen LogP contribution >= 0.6 is 11.3 Å². The third kappa shape index (κ3) is 1.90. The molecule has 1 aromatic rings. The van der Waals surface area contributed by atoms with Gasteiger partial charge in [0.25, 0.3) is 0 Å². The van der Waals surface area contributed by atoms with E-state index >= 15 is 0 Å². The summed E-state index contributed by atoms with van der Waals surface area (Å²) in [5.74, 6) is 0.594. The van der Waals surface area contributed by atoms with Crippen molar-refractivity contribution in [3.05, 3.63) is 16.6 Å². The molecule has 4 heteroatoms. The molecule has 2 unspecified atom stereocenters. The number of hydrogen-bond acceptors (Lipinski definition) is 4. The van der Waals surface area contributed by atoms with Crippen LogP contribution in [0.4, 0.5) is 0 Å². The topological polar surface area (TPSA) is 34.1 Å². The van der Waals surface area contributed by atoms with Crippen molar-refractivity contribution in [2.45, 2.75) is 12.5 Å². The van der Waals surface area contributed by atoms with Gasteiger partial charge in [0.2, 0.25) is 0 Å². The number of hydrogen-bond donors (Lipinski definition) is 1. The van der Waals surface area contributed by atoms with E-state index in [1.165, 1.54) is 0 Å². The predicted molar refractivity (Wildman–Crippen MR) is 52.8 cm³/mol. The Kier molecular flexibility index (Phi) is 2.93. The van der Waals surface area contributed by atoms with Crippen LogP contribution < -0.4 is 5.32 Å². The number of ether oxygens (including phenoxy) is 1. The maximum absolute atomic E-state index is 5.67. The van der Waals surface area contributed by atoms with E-state index in [1.807, 2.05) is 18.6 Å². The lowest BCUT2D eigenvalue weighted by atomic mass is 10.0. The third-order valence-corrected chi connectivity index (χ3v) is 3.21. The Bertz CT molecular complexity index is 250. The Morgan fingerprint density at radius 2 is 2.69 bits per heavy atom. The van der Waals surface area contributed by atoms with Gasteiger partial charge in [0.1, 0.15) is 11.1 Å². The minimum atomic E-state index is 0.229. The Morgan fingerprint density at radius 3 is 3.38 bits per heavy atom. The number of nitrogens with one attached hydrogen (secondary N) is 1. The zero-order chi connectivity index (χ0) is 9.10. The van der Waals surface area contributed by atoms with E-state index in [-0.39, 0.29) is 6.10 Å². The summed E-state index contributed by atoms with van der Waals surface area (Å²) in [6, 6.07) is 0. The highest BCUT2D eigenvalue weighted by molar-refractivity contribution is 7.09. The smallest absolute Gasteiger partial charge is 0.122 e. The molecular weight excluding hydrogens is 184 g/mol. The van der Waals surface area contributed by atoms with Gasteiger partial charge in [-0.1, -0.05) is 0 Å². The molecule has 13 heavy (non-hydrogen) atoms. The minimum absolute atomic E-state index is 0.229. The number of rotatable bonds is 3. The highest BCUT2D eigenvalue weighted by Crippen LogP contribution is 2.34. The zero-order valence-corrected chi connectivity index (χ0v) is 8.51. The molecular formula is C9H14N2OS. The second kappa shape index (κ2) is 4.17. The molecule has 1 aliphatic rings. The van der Waals surface area contributed by atoms with Gasteiger partial charge in [0, 0.05) is 30.6 Å². The van der Waals surface area contributed by atoms with Gasteiger partial charge in [-0.15, -0.1) is 11.3 Å². The van der Waals surface area contributed by atoms with Gasteiger partial charge in [0.15, 0.2) is 0 Å². The monoisotopic (exact) mass is 198 g/mol. The Balaban J connectivity index is 2.05. The highest BCUT2D eigenvalue weighted by Gasteiger charge is 2.30. The molecule has 1 saturated heterocycles. The molecule has 0 bridgehead atoms. The second-order valence-corrected chi connectivity index (χ2v) is 4.19. The predicted octanol–water partition coefficient (Wildman–Crippen LogP) is 1.44. The SMILES string of the molecule is CNCC1CCOC1c1nccs1. The second-order valence-electron chi connectivity index (χ2n) is 3.27. The maximum Gasteiger partial charge on any atom is 0.122 e. The van der Waals surface area contributed by atoms with E-state index in [4.69, 9.17) is 4.74 Å². The van der Waals surface area contributed by atoms with E-state index < -0.39 is 0 Å². The van der Waals surface area contributed by atoms with Crippen LogP contribution in [0, 0.1) is 5.92 Å². The van der Waals surface area contributed by atoms with Gasteiger partial charge in [0.05, 0.1) is 0 Å². The van der Waals surface area contributed by atoms with Crippen LogP contribution in [0.5, 0.6) is 0 Å². The molecule has 0 aliphatic carbocycles. The number of nitrogens with zero attached hydrogens (tertiary/aromatic N) is 1. The molecule has 0 amide bonds. The number of aromatic nitrogens is 1. The third-order valence-electron chi connectivity index (χ3n) is 2.38. The Morgan fingerprint density at radius 1 is 1.77 bits per heavy atom. The van der Waals surface area contributed by atoms with Gasteiger partial charge < -0.3 is 10.1 Å². The van der Waals surface area contributed by atoms with Crippen molar-refractivity contribution in [2.75, 3.05) is 20.2 Å². The summed E-state index contributed by atoms with van der Waals surface area (Å²) >= 11 is 1.69. The van der Waals surface area contributed by atoms with Gasteiger partial charge in [-0.2, -0.15) is 0 Å². The molecule has 0 spiro atoms. The van der Waals surface area contributed by atoms with Crippen LogP contribution in [0.25, 0.3) is 0 Å². The van der Waals surface area contributed by atoms with E-state index in [2.05, 4.69) is 10.3 Å². The summed E-state index contributed by atoms with van der Waals surface area (Å²) in [5.41, 5.74) is 0. The molecule has 2 heterocycles. The van der Waals surface area contributed by atoms with Gasteiger partial charge in [-0.25, -0.2) is 4.98 Å². The summed E-state index contributed by atoms with van der Waals surface area (Å²) in [5, 5.41) is 6.33. The Labute approximate surface area is 82.1 Å². The molecule has 2 atom stereocenters. The molecule has 1 N–H and O–H groups in total. The number of thiazole rings is 1. The van der Waals surface area contributed by atoms with Crippen molar-refractivity contribution < 1.29 is 4.74 Å². The van der Waals surface area contributed by atoms with Crippen LogP contribution in [0.3, 0.4) is 0 Å². The van der Waals surface area contributed by atoms with Crippen molar-refractivity contribution in [3.8, 4) is 0 Å². The maximum atomic E-state index is 5.67. The largest absolute Gasteiger partial charge is 0.371 e. The lowest BCUT2D eigenvalue weighted by Gasteiger charge is -2.15. The van der Waals surface area contributed by atoms with Gasteiger partial charge >= 0.3 is 0 Å². The van der Waals surface area contributed by atoms with Crippen LogP contribution in [0.15, 0.2) is 11.6 Å². The van der Waals surface area contributed by atoms with Crippen molar-refractivity contribution in [3.63, 3.8) is 0 Å². The first-order chi connectivity index (χ1) is 6.42. The Hall–Kier alpha value is -0.450. The van der Waals surface area contributed by atoms with Crippen molar-refractivity contribution in [1.29, 1.82) is 0 Å². The van der Waals surface area contributed by atoms with Crippen LogP contribution in [0.1, 0.15) is 17.5 Å². The summed E-state index contributed by atoms with van der Waals surface area (Å²) in [6.45, 7) is 1.89.